The molecular weight excluding hydrogens is 941 g/mol. The van der Waals surface area contributed by atoms with Gasteiger partial charge in [-0.15, -0.1) is 0 Å². The molecule has 0 bridgehead atoms. The third-order valence-corrected chi connectivity index (χ3v) is 18.7. The lowest BCUT2D eigenvalue weighted by atomic mass is 9.43. The van der Waals surface area contributed by atoms with Crippen LogP contribution in [0.15, 0.2) is 0 Å². The summed E-state index contributed by atoms with van der Waals surface area (Å²) in [5, 5.41) is 0. The van der Waals surface area contributed by atoms with Crippen molar-refractivity contribution in [3.05, 3.63) is 0 Å². The molecule has 14 nitrogen and oxygen atoms in total. The summed E-state index contributed by atoms with van der Waals surface area (Å²) in [5.74, 6) is 0.351. The number of fused-ring (bicyclic) bond motifs is 5. The molecule has 74 heavy (non-hydrogen) atoms. The van der Waals surface area contributed by atoms with Crippen LogP contribution in [0.5, 0.6) is 0 Å². The van der Waals surface area contributed by atoms with Gasteiger partial charge < -0.3 is 33.2 Å². The standard InChI is InChI=1S/C36H57NO9.C24H47NO3/c1-22(7-10-33(41)43-18-15-37-13-16-42-17-14-37)28-8-9-29-34-30(21-32(36(28,29)6)46-25(4)40)35(5)12-11-27(44-23(2)38)19-26(35)20-31(34)45-24(3)39;1-2-3-4-5-6-7-8-9-10-11-12-13-14-15-16-17-24(26)28-23-20-25-18-21-27-22-19-25/h22,26-32,34H,7-21H2,1-6H3;2-23H2,1H3/t22?,26-,27+,28+,29-,30-,31+,32-,34-,35-,36+;/m0./s1. The first-order chi connectivity index (χ1) is 35.6. The molecule has 0 amide bonds. The second-order valence-electron chi connectivity index (χ2n) is 23.8. The zero-order chi connectivity index (χ0) is 53.4. The lowest BCUT2D eigenvalue weighted by molar-refractivity contribution is -0.224. The minimum Gasteiger partial charge on any atom is -0.464 e. The van der Waals surface area contributed by atoms with E-state index in [-0.39, 0.29) is 94.5 Å². The van der Waals surface area contributed by atoms with Gasteiger partial charge in [0.25, 0.3) is 0 Å². The molecule has 6 aliphatic rings. The maximum Gasteiger partial charge on any atom is 0.305 e. The Labute approximate surface area is 447 Å². The zero-order valence-corrected chi connectivity index (χ0v) is 47.7. The average Bonchev–Trinajstić information content (AvgIpc) is 3.73. The van der Waals surface area contributed by atoms with E-state index in [2.05, 4.69) is 37.5 Å². The quantitative estimate of drug-likeness (QED) is 0.0396. The normalized spacial score (nSPS) is 30.3. The zero-order valence-electron chi connectivity index (χ0n) is 47.7. The molecular formula is C60H104N2O12. The van der Waals surface area contributed by atoms with E-state index >= 15 is 0 Å². The smallest absolute Gasteiger partial charge is 0.305 e. The fourth-order valence-electron chi connectivity index (χ4n) is 14.7. The number of hydrogen-bond acceptors (Lipinski definition) is 14. The molecule has 6 rings (SSSR count). The van der Waals surface area contributed by atoms with Crippen molar-refractivity contribution in [3.63, 3.8) is 0 Å². The van der Waals surface area contributed by atoms with E-state index in [9.17, 15) is 24.0 Å². The van der Waals surface area contributed by atoms with Crippen molar-refractivity contribution < 1.29 is 57.1 Å². The highest BCUT2D eigenvalue weighted by molar-refractivity contribution is 5.69. The molecule has 426 valence electrons. The first-order valence-corrected chi connectivity index (χ1v) is 30.1. The third kappa shape index (κ3) is 19.6. The SMILES string of the molecule is CC(=O)O[C@@H]1CC[C@@]2(C)[C@@H](C1)C[C@@H](OC(C)=O)[C@@H]1[C@@H]2C[C@H](OC(C)=O)[C@]2(C)[C@@H](C(C)CCC(=O)OCCN3CCOCC3)CC[C@@H]12.CCCCCCCCCCCCCCCCCC(=O)OCCN1CCOCC1. The summed E-state index contributed by atoms with van der Waals surface area (Å²) in [5.41, 5.74) is -0.338. The van der Waals surface area contributed by atoms with E-state index in [1.165, 1.54) is 104 Å². The average molecular weight is 1050 g/mol. The van der Waals surface area contributed by atoms with Crippen molar-refractivity contribution in [1.82, 2.24) is 9.80 Å². The number of carbonyl (C=O) groups is 5. The van der Waals surface area contributed by atoms with E-state index < -0.39 is 0 Å². The molecule has 0 N–H and O–H groups in total. The summed E-state index contributed by atoms with van der Waals surface area (Å²) in [4.78, 5) is 66.0. The number of nitrogens with zero attached hydrogens (tertiary/aromatic N) is 2. The summed E-state index contributed by atoms with van der Waals surface area (Å²) in [7, 11) is 0. The number of rotatable bonds is 29. The van der Waals surface area contributed by atoms with Crippen LogP contribution in [-0.2, 0) is 57.1 Å². The van der Waals surface area contributed by atoms with Crippen LogP contribution in [0.2, 0.25) is 0 Å². The fraction of sp³-hybridized carbons (Fsp3) is 0.917. The Bertz CT molecular complexity index is 1670. The number of carbonyl (C=O) groups excluding carboxylic acids is 5. The number of morpholine rings is 2. The molecule has 0 aromatic carbocycles. The maximum atomic E-state index is 12.8. The number of unbranched alkanes of at least 4 members (excludes halogenated alkanes) is 14. The van der Waals surface area contributed by atoms with Gasteiger partial charge in [-0.25, -0.2) is 0 Å². The molecule has 4 aliphatic carbocycles. The highest BCUT2D eigenvalue weighted by Gasteiger charge is 2.67. The molecule has 0 aromatic rings. The Morgan fingerprint density at radius 1 is 0.581 bits per heavy atom. The van der Waals surface area contributed by atoms with Gasteiger partial charge in [0.2, 0.25) is 0 Å². The van der Waals surface area contributed by atoms with Gasteiger partial charge in [-0.05, 0) is 92.8 Å². The minimum absolute atomic E-state index is 0.0250. The molecule has 0 radical (unpaired) electrons. The largest absolute Gasteiger partial charge is 0.464 e. The molecule has 6 fully saturated rings. The highest BCUT2D eigenvalue weighted by atomic mass is 16.6. The molecule has 2 aliphatic heterocycles. The Hall–Kier alpha value is -2.81. The Balaban J connectivity index is 0.000000311. The first kappa shape index (κ1) is 62.0. The van der Waals surface area contributed by atoms with Crippen molar-refractivity contribution in [1.29, 1.82) is 0 Å². The summed E-state index contributed by atoms with van der Waals surface area (Å²) >= 11 is 0. The molecule has 1 unspecified atom stereocenters. The van der Waals surface area contributed by atoms with Crippen molar-refractivity contribution in [2.24, 2.45) is 46.3 Å². The molecule has 0 spiro atoms. The first-order valence-electron chi connectivity index (χ1n) is 30.1. The van der Waals surface area contributed by atoms with Crippen molar-refractivity contribution in [2.45, 2.75) is 227 Å². The second-order valence-corrected chi connectivity index (χ2v) is 23.8. The predicted molar refractivity (Wildman–Crippen MR) is 287 cm³/mol. The highest BCUT2D eigenvalue weighted by Crippen LogP contribution is 2.69. The Morgan fingerprint density at radius 2 is 1.08 bits per heavy atom. The van der Waals surface area contributed by atoms with Crippen LogP contribution in [0.4, 0.5) is 0 Å². The molecule has 11 atom stereocenters. The van der Waals surface area contributed by atoms with Crippen LogP contribution < -0.4 is 0 Å². The van der Waals surface area contributed by atoms with E-state index in [0.717, 1.165) is 130 Å². The van der Waals surface area contributed by atoms with Gasteiger partial charge in [0.05, 0.1) is 26.4 Å². The number of hydrogen-bond donors (Lipinski definition) is 0. The van der Waals surface area contributed by atoms with E-state index in [4.69, 9.17) is 33.2 Å². The van der Waals surface area contributed by atoms with Crippen LogP contribution in [0, 0.1) is 46.3 Å². The number of ether oxygens (including phenoxy) is 7. The van der Waals surface area contributed by atoms with Crippen LogP contribution in [-0.4, -0.2) is 137 Å². The van der Waals surface area contributed by atoms with E-state index in [1.807, 2.05) is 0 Å². The van der Waals surface area contributed by atoms with Gasteiger partial charge in [-0.2, -0.15) is 0 Å². The lowest BCUT2D eigenvalue weighted by Crippen LogP contribution is -2.63. The summed E-state index contributed by atoms with van der Waals surface area (Å²) in [6, 6.07) is 0. The van der Waals surface area contributed by atoms with E-state index in [1.54, 1.807) is 0 Å². The topological polar surface area (TPSA) is 156 Å². The lowest BCUT2D eigenvalue weighted by Gasteiger charge is -2.64. The molecule has 2 saturated heterocycles. The van der Waals surface area contributed by atoms with Crippen molar-refractivity contribution in [2.75, 3.05) is 78.9 Å². The molecule has 4 saturated carbocycles. The Morgan fingerprint density at radius 3 is 1.59 bits per heavy atom. The monoisotopic (exact) mass is 1040 g/mol. The summed E-state index contributed by atoms with van der Waals surface area (Å²) in [6.45, 7) is 22.8. The third-order valence-electron chi connectivity index (χ3n) is 18.7. The predicted octanol–water partition coefficient (Wildman–Crippen LogP) is 11.1. The van der Waals surface area contributed by atoms with Gasteiger partial charge in [0, 0.05) is 84.2 Å². The van der Waals surface area contributed by atoms with Crippen LogP contribution in [0.25, 0.3) is 0 Å². The van der Waals surface area contributed by atoms with Gasteiger partial charge in [-0.1, -0.05) is 118 Å². The van der Waals surface area contributed by atoms with Crippen LogP contribution >= 0.6 is 0 Å². The van der Waals surface area contributed by atoms with Gasteiger partial charge in [-0.3, -0.25) is 33.8 Å². The summed E-state index contributed by atoms with van der Waals surface area (Å²) < 4.78 is 39.8. The molecule has 2 heterocycles. The number of esters is 5. The summed E-state index contributed by atoms with van der Waals surface area (Å²) in [6.07, 6.45) is 27.3. The second kappa shape index (κ2) is 32.8. The van der Waals surface area contributed by atoms with E-state index in [0.29, 0.717) is 26.1 Å². The fourth-order valence-corrected chi connectivity index (χ4v) is 14.7. The van der Waals surface area contributed by atoms with Crippen LogP contribution in [0.3, 0.4) is 0 Å². The molecule has 0 aromatic heterocycles. The maximum absolute atomic E-state index is 12.8. The Kier molecular flexibility index (Phi) is 27.5. The van der Waals surface area contributed by atoms with Gasteiger partial charge in [0.1, 0.15) is 31.5 Å². The molecule has 14 heteroatoms. The van der Waals surface area contributed by atoms with Gasteiger partial charge >= 0.3 is 29.8 Å². The van der Waals surface area contributed by atoms with Crippen molar-refractivity contribution in [3.8, 4) is 0 Å². The van der Waals surface area contributed by atoms with Crippen LogP contribution in [0.1, 0.15) is 209 Å². The van der Waals surface area contributed by atoms with Crippen molar-refractivity contribution >= 4 is 29.8 Å². The minimum atomic E-state index is -0.303. The van der Waals surface area contributed by atoms with Gasteiger partial charge in [0.15, 0.2) is 0 Å².